The summed E-state index contributed by atoms with van der Waals surface area (Å²) in [7, 11) is 0. The van der Waals surface area contributed by atoms with E-state index in [1.165, 1.54) is 24.3 Å². The van der Waals surface area contributed by atoms with Gasteiger partial charge in [0.05, 0.1) is 11.4 Å². The van der Waals surface area contributed by atoms with Crippen molar-refractivity contribution in [1.29, 1.82) is 0 Å². The highest BCUT2D eigenvalue weighted by Crippen LogP contribution is 2.28. The van der Waals surface area contributed by atoms with Gasteiger partial charge in [0, 0.05) is 12.1 Å². The Balaban J connectivity index is 2.25. The van der Waals surface area contributed by atoms with Crippen LogP contribution in [-0.4, -0.2) is 32.4 Å². The summed E-state index contributed by atoms with van der Waals surface area (Å²) in [5.74, 6) is -3.44. The van der Waals surface area contributed by atoms with Gasteiger partial charge in [0.2, 0.25) is 0 Å². The fraction of sp³-hybridized carbons (Fsp3) is 0. The first kappa shape index (κ1) is 15.0. The van der Waals surface area contributed by atoms with Crippen LogP contribution in [0.5, 0.6) is 11.5 Å². The molecule has 0 bridgehead atoms. The first-order chi connectivity index (χ1) is 10.4. The number of hydrogen-bond donors (Lipinski definition) is 4. The fourth-order valence-electron chi connectivity index (χ4n) is 1.64. The lowest BCUT2D eigenvalue weighted by Gasteiger charge is -2.01. The summed E-state index contributed by atoms with van der Waals surface area (Å²) >= 11 is 0. The van der Waals surface area contributed by atoms with Crippen LogP contribution in [0.15, 0.2) is 46.6 Å². The molecule has 0 amide bonds. The van der Waals surface area contributed by atoms with Gasteiger partial charge in [-0.05, 0) is 24.3 Å². The summed E-state index contributed by atoms with van der Waals surface area (Å²) in [4.78, 5) is 21.5. The number of nitrogens with zero attached hydrogens (tertiary/aromatic N) is 2. The summed E-state index contributed by atoms with van der Waals surface area (Å²) in [5, 5.41) is 44.1. The van der Waals surface area contributed by atoms with Crippen molar-refractivity contribution < 1.29 is 30.0 Å². The number of carbonyl (C=O) groups is 2. The summed E-state index contributed by atoms with van der Waals surface area (Å²) in [6.07, 6.45) is 0. The topological polar surface area (TPSA) is 140 Å². The monoisotopic (exact) mass is 302 g/mol. The number of hydrogen-bond acceptors (Lipinski definition) is 6. The highest BCUT2D eigenvalue weighted by Gasteiger charge is 2.10. The second-order valence-electron chi connectivity index (χ2n) is 4.21. The Morgan fingerprint density at radius 1 is 0.727 bits per heavy atom. The quantitative estimate of drug-likeness (QED) is 0.640. The highest BCUT2D eigenvalue weighted by molar-refractivity contribution is 5.91. The normalized spacial score (nSPS) is 10.7. The van der Waals surface area contributed by atoms with Crippen molar-refractivity contribution in [2.45, 2.75) is 0 Å². The van der Waals surface area contributed by atoms with E-state index in [1.807, 2.05) is 0 Å². The summed E-state index contributed by atoms with van der Waals surface area (Å²) in [6, 6.07) is 7.29. The summed E-state index contributed by atoms with van der Waals surface area (Å²) in [6.45, 7) is 0. The third-order valence-corrected chi connectivity index (χ3v) is 2.70. The molecule has 0 aromatic heterocycles. The second kappa shape index (κ2) is 5.92. The molecule has 8 heteroatoms. The van der Waals surface area contributed by atoms with E-state index in [4.69, 9.17) is 10.2 Å². The number of benzene rings is 2. The average molecular weight is 302 g/mol. The number of phenols is 2. The molecular weight excluding hydrogens is 292 g/mol. The van der Waals surface area contributed by atoms with Gasteiger partial charge < -0.3 is 20.4 Å². The standard InChI is InChI=1S/C14H10N2O6/c17-11-5-7(1-3-9(11)13(19)20)15-16-8-2-4-10(14(21)22)12(18)6-8/h1-6,17-18H,(H,19,20)(H,21,22)/b16-15+. The SMILES string of the molecule is O=C(O)c1ccc(/N=N/c2ccc(C(=O)O)c(O)c2)cc1O. The van der Waals surface area contributed by atoms with Gasteiger partial charge in [-0.15, -0.1) is 0 Å². The van der Waals surface area contributed by atoms with Crippen LogP contribution in [0.1, 0.15) is 20.7 Å². The van der Waals surface area contributed by atoms with Gasteiger partial charge >= 0.3 is 11.9 Å². The third kappa shape index (κ3) is 3.18. The molecule has 8 nitrogen and oxygen atoms in total. The van der Waals surface area contributed by atoms with Crippen LogP contribution < -0.4 is 0 Å². The Bertz CT molecular complexity index is 719. The van der Waals surface area contributed by atoms with Crippen LogP contribution in [0, 0.1) is 0 Å². The number of carboxylic acids is 2. The minimum atomic E-state index is -1.27. The number of azo groups is 1. The maximum atomic E-state index is 10.7. The largest absolute Gasteiger partial charge is 0.507 e. The second-order valence-corrected chi connectivity index (χ2v) is 4.21. The molecule has 0 fully saturated rings. The van der Waals surface area contributed by atoms with Crippen molar-refractivity contribution in [2.24, 2.45) is 10.2 Å². The van der Waals surface area contributed by atoms with E-state index in [2.05, 4.69) is 10.2 Å². The van der Waals surface area contributed by atoms with E-state index >= 15 is 0 Å². The minimum absolute atomic E-state index is 0.198. The van der Waals surface area contributed by atoms with Gasteiger partial charge in [-0.2, -0.15) is 10.2 Å². The zero-order chi connectivity index (χ0) is 16.3. The third-order valence-electron chi connectivity index (χ3n) is 2.70. The van der Waals surface area contributed by atoms with E-state index in [0.717, 1.165) is 12.1 Å². The van der Waals surface area contributed by atoms with E-state index in [-0.39, 0.29) is 22.5 Å². The molecular formula is C14H10N2O6. The molecule has 2 rings (SSSR count). The van der Waals surface area contributed by atoms with Crippen molar-refractivity contribution >= 4 is 23.3 Å². The lowest BCUT2D eigenvalue weighted by Crippen LogP contribution is -1.95. The molecule has 0 saturated heterocycles. The van der Waals surface area contributed by atoms with Crippen LogP contribution in [0.25, 0.3) is 0 Å². The number of carboxylic acid groups (broad SMARTS) is 2. The maximum absolute atomic E-state index is 10.7. The highest BCUT2D eigenvalue weighted by atomic mass is 16.4. The molecule has 0 saturated carbocycles. The van der Waals surface area contributed by atoms with E-state index in [0.29, 0.717) is 0 Å². The number of rotatable bonds is 4. The molecule has 0 heterocycles. The zero-order valence-corrected chi connectivity index (χ0v) is 11.0. The van der Waals surface area contributed by atoms with Crippen LogP contribution in [0.2, 0.25) is 0 Å². The molecule has 0 radical (unpaired) electrons. The van der Waals surface area contributed by atoms with Gasteiger partial charge in [0.15, 0.2) is 0 Å². The van der Waals surface area contributed by atoms with Crippen molar-refractivity contribution in [3.8, 4) is 11.5 Å². The lowest BCUT2D eigenvalue weighted by atomic mass is 10.2. The Morgan fingerprint density at radius 3 is 1.36 bits per heavy atom. The van der Waals surface area contributed by atoms with Crippen molar-refractivity contribution in [2.75, 3.05) is 0 Å². The molecule has 2 aromatic rings. The summed E-state index contributed by atoms with van der Waals surface area (Å²) in [5.41, 5.74) is -0.126. The van der Waals surface area contributed by atoms with Crippen LogP contribution in [0.4, 0.5) is 11.4 Å². The molecule has 22 heavy (non-hydrogen) atoms. The van der Waals surface area contributed by atoms with Gasteiger partial charge in [0.25, 0.3) is 0 Å². The molecule has 0 spiro atoms. The summed E-state index contributed by atoms with van der Waals surface area (Å²) < 4.78 is 0. The Kier molecular flexibility index (Phi) is 4.03. The van der Waals surface area contributed by atoms with E-state index in [1.54, 1.807) is 0 Å². The molecule has 0 aliphatic rings. The molecule has 4 N–H and O–H groups in total. The first-order valence-electron chi connectivity index (χ1n) is 5.93. The minimum Gasteiger partial charge on any atom is -0.507 e. The van der Waals surface area contributed by atoms with Gasteiger partial charge in [-0.25, -0.2) is 9.59 Å². The predicted molar refractivity (Wildman–Crippen MR) is 74.3 cm³/mol. The van der Waals surface area contributed by atoms with E-state index in [9.17, 15) is 19.8 Å². The molecule has 0 aliphatic heterocycles. The van der Waals surface area contributed by atoms with Crippen molar-refractivity contribution in [1.82, 2.24) is 0 Å². The number of aromatic carboxylic acids is 2. The van der Waals surface area contributed by atoms with E-state index < -0.39 is 23.4 Å². The number of aromatic hydroxyl groups is 2. The predicted octanol–water partition coefficient (Wildman–Crippen LogP) is 2.91. The van der Waals surface area contributed by atoms with Gasteiger partial charge in [-0.3, -0.25) is 0 Å². The Morgan fingerprint density at radius 2 is 1.09 bits per heavy atom. The Labute approximate surface area is 123 Å². The fourth-order valence-corrected chi connectivity index (χ4v) is 1.64. The van der Waals surface area contributed by atoms with Crippen molar-refractivity contribution in [3.05, 3.63) is 47.5 Å². The molecule has 0 atom stereocenters. The first-order valence-corrected chi connectivity index (χ1v) is 5.93. The molecule has 2 aromatic carbocycles. The van der Waals surface area contributed by atoms with Crippen LogP contribution in [-0.2, 0) is 0 Å². The maximum Gasteiger partial charge on any atom is 0.339 e. The molecule has 0 aliphatic carbocycles. The van der Waals surface area contributed by atoms with Gasteiger partial charge in [-0.1, -0.05) is 0 Å². The lowest BCUT2D eigenvalue weighted by molar-refractivity contribution is 0.0682. The Hall–Kier alpha value is -3.42. The molecule has 0 unspecified atom stereocenters. The van der Waals surface area contributed by atoms with Crippen LogP contribution in [0.3, 0.4) is 0 Å². The van der Waals surface area contributed by atoms with Crippen LogP contribution >= 0.6 is 0 Å². The zero-order valence-electron chi connectivity index (χ0n) is 11.0. The average Bonchev–Trinajstić information content (AvgIpc) is 2.44. The van der Waals surface area contributed by atoms with Crippen molar-refractivity contribution in [3.63, 3.8) is 0 Å². The molecule has 112 valence electrons. The van der Waals surface area contributed by atoms with Gasteiger partial charge in [0.1, 0.15) is 22.6 Å². The smallest absolute Gasteiger partial charge is 0.339 e.